The monoisotopic (exact) mass is 421 g/mol. The number of hydrogen-bond acceptors (Lipinski definition) is 4. The van der Waals surface area contributed by atoms with Crippen molar-refractivity contribution in [3.8, 4) is 0 Å². The quantitative estimate of drug-likeness (QED) is 0.750. The van der Waals surface area contributed by atoms with Crippen LogP contribution in [0.1, 0.15) is 47.6 Å². The minimum absolute atomic E-state index is 0.176. The van der Waals surface area contributed by atoms with Crippen LogP contribution in [0.4, 0.5) is 0 Å². The van der Waals surface area contributed by atoms with Crippen molar-refractivity contribution >= 4 is 15.9 Å². The molecule has 2 aliphatic rings. The SMILES string of the molecule is Cc1c(C)c(C)c(S(=O)(=O)N2CCN([C@H](C)C(=O)N3CCCC3)CC2)c(C)c1C. The van der Waals surface area contributed by atoms with E-state index in [1.807, 2.05) is 39.5 Å². The zero-order valence-corrected chi connectivity index (χ0v) is 19.5. The van der Waals surface area contributed by atoms with E-state index in [0.29, 0.717) is 31.1 Å². The lowest BCUT2D eigenvalue weighted by molar-refractivity contribution is -0.135. The van der Waals surface area contributed by atoms with Gasteiger partial charge in [-0.25, -0.2) is 8.42 Å². The summed E-state index contributed by atoms with van der Waals surface area (Å²) in [4.78, 5) is 17.2. The summed E-state index contributed by atoms with van der Waals surface area (Å²) in [5.74, 6) is 0.176. The number of carbonyl (C=O) groups excluding carboxylic acids is 1. The molecule has 2 aliphatic heterocycles. The fraction of sp³-hybridized carbons (Fsp3) is 0.682. The van der Waals surface area contributed by atoms with Gasteiger partial charge in [0.1, 0.15) is 0 Å². The minimum Gasteiger partial charge on any atom is -0.341 e. The molecule has 2 fully saturated rings. The number of carbonyl (C=O) groups is 1. The Hall–Kier alpha value is -1.44. The number of likely N-dealkylation sites (tertiary alicyclic amines) is 1. The third-order valence-corrected chi connectivity index (χ3v) is 9.30. The smallest absolute Gasteiger partial charge is 0.243 e. The van der Waals surface area contributed by atoms with Crippen molar-refractivity contribution in [2.45, 2.75) is 65.3 Å². The van der Waals surface area contributed by atoms with Crippen LogP contribution >= 0.6 is 0 Å². The van der Waals surface area contributed by atoms with Gasteiger partial charge in [0, 0.05) is 39.3 Å². The van der Waals surface area contributed by atoms with Gasteiger partial charge in [0.25, 0.3) is 0 Å². The van der Waals surface area contributed by atoms with Gasteiger partial charge in [0.05, 0.1) is 10.9 Å². The lowest BCUT2D eigenvalue weighted by atomic mass is 9.95. The van der Waals surface area contributed by atoms with Gasteiger partial charge in [0.15, 0.2) is 0 Å². The maximum atomic E-state index is 13.5. The van der Waals surface area contributed by atoms with Crippen molar-refractivity contribution in [3.63, 3.8) is 0 Å². The number of amides is 1. The van der Waals surface area contributed by atoms with Crippen LogP contribution in [-0.4, -0.2) is 73.7 Å². The number of piperazine rings is 1. The molecule has 0 N–H and O–H groups in total. The predicted molar refractivity (Wildman–Crippen MR) is 116 cm³/mol. The Bertz CT molecular complexity index is 867. The van der Waals surface area contributed by atoms with E-state index in [9.17, 15) is 13.2 Å². The van der Waals surface area contributed by atoms with Crippen LogP contribution in [0.2, 0.25) is 0 Å². The second kappa shape index (κ2) is 8.36. The summed E-state index contributed by atoms with van der Waals surface area (Å²) in [5.41, 5.74) is 4.97. The first kappa shape index (κ1) is 22.2. The zero-order valence-electron chi connectivity index (χ0n) is 18.7. The van der Waals surface area contributed by atoms with E-state index >= 15 is 0 Å². The first-order valence-electron chi connectivity index (χ1n) is 10.7. The molecule has 0 radical (unpaired) electrons. The van der Waals surface area contributed by atoms with Gasteiger partial charge >= 0.3 is 0 Å². The molecule has 0 aliphatic carbocycles. The normalized spacial score (nSPS) is 20.3. The van der Waals surface area contributed by atoms with E-state index in [0.717, 1.165) is 53.7 Å². The Kier molecular flexibility index (Phi) is 6.41. The summed E-state index contributed by atoms with van der Waals surface area (Å²) < 4.78 is 28.6. The van der Waals surface area contributed by atoms with E-state index in [1.165, 1.54) is 0 Å². The molecular weight excluding hydrogens is 386 g/mol. The molecule has 162 valence electrons. The van der Waals surface area contributed by atoms with Gasteiger partial charge in [-0.15, -0.1) is 0 Å². The van der Waals surface area contributed by atoms with Crippen LogP contribution in [0.15, 0.2) is 4.90 Å². The minimum atomic E-state index is -3.56. The fourth-order valence-electron chi connectivity index (χ4n) is 4.67. The third kappa shape index (κ3) is 3.97. The topological polar surface area (TPSA) is 60.9 Å². The molecular formula is C22H35N3O3S. The summed E-state index contributed by atoms with van der Waals surface area (Å²) in [5, 5.41) is 0. The number of sulfonamides is 1. The van der Waals surface area contributed by atoms with Crippen LogP contribution in [0.25, 0.3) is 0 Å². The van der Waals surface area contributed by atoms with E-state index in [2.05, 4.69) is 11.8 Å². The maximum absolute atomic E-state index is 13.5. The zero-order chi connectivity index (χ0) is 21.5. The molecule has 1 aromatic carbocycles. The second-order valence-corrected chi connectivity index (χ2v) is 10.5. The lowest BCUT2D eigenvalue weighted by Crippen LogP contribution is -2.55. The Labute approximate surface area is 175 Å². The van der Waals surface area contributed by atoms with Gasteiger partial charge in [-0.3, -0.25) is 9.69 Å². The number of benzene rings is 1. The molecule has 0 saturated carbocycles. The van der Waals surface area contributed by atoms with E-state index in [1.54, 1.807) is 4.31 Å². The van der Waals surface area contributed by atoms with Crippen molar-refractivity contribution in [2.75, 3.05) is 39.3 Å². The van der Waals surface area contributed by atoms with Crippen LogP contribution in [-0.2, 0) is 14.8 Å². The molecule has 0 bridgehead atoms. The highest BCUT2D eigenvalue weighted by Gasteiger charge is 2.35. The molecule has 0 spiro atoms. The Balaban J connectivity index is 1.76. The third-order valence-electron chi connectivity index (χ3n) is 7.13. The first-order chi connectivity index (χ1) is 13.6. The van der Waals surface area contributed by atoms with Crippen molar-refractivity contribution < 1.29 is 13.2 Å². The highest BCUT2D eigenvalue weighted by Crippen LogP contribution is 2.32. The number of rotatable bonds is 4. The van der Waals surface area contributed by atoms with Crippen LogP contribution < -0.4 is 0 Å². The molecule has 1 aromatic rings. The molecule has 1 atom stereocenters. The van der Waals surface area contributed by atoms with Crippen LogP contribution in [0.5, 0.6) is 0 Å². The molecule has 0 aromatic heterocycles. The summed E-state index contributed by atoms with van der Waals surface area (Å²) in [6, 6.07) is -0.190. The molecule has 6 nitrogen and oxygen atoms in total. The first-order valence-corrected chi connectivity index (χ1v) is 12.1. The highest BCUT2D eigenvalue weighted by atomic mass is 32.2. The highest BCUT2D eigenvalue weighted by molar-refractivity contribution is 7.89. The number of nitrogens with zero attached hydrogens (tertiary/aromatic N) is 3. The van der Waals surface area contributed by atoms with E-state index in [4.69, 9.17) is 0 Å². The maximum Gasteiger partial charge on any atom is 0.243 e. The lowest BCUT2D eigenvalue weighted by Gasteiger charge is -2.38. The van der Waals surface area contributed by atoms with Crippen LogP contribution in [0, 0.1) is 34.6 Å². The van der Waals surface area contributed by atoms with E-state index < -0.39 is 10.0 Å². The summed E-state index contributed by atoms with van der Waals surface area (Å²) in [6.07, 6.45) is 2.16. The predicted octanol–water partition coefficient (Wildman–Crippen LogP) is 2.55. The molecule has 29 heavy (non-hydrogen) atoms. The summed E-state index contributed by atoms with van der Waals surface area (Å²) in [7, 11) is -3.56. The average molecular weight is 422 g/mol. The molecule has 7 heteroatoms. The van der Waals surface area contributed by atoms with Crippen LogP contribution in [0.3, 0.4) is 0 Å². The number of hydrogen-bond donors (Lipinski definition) is 0. The Morgan fingerprint density at radius 3 is 1.69 bits per heavy atom. The van der Waals surface area contributed by atoms with Crippen molar-refractivity contribution in [1.29, 1.82) is 0 Å². The largest absolute Gasteiger partial charge is 0.341 e. The summed E-state index contributed by atoms with van der Waals surface area (Å²) >= 11 is 0. The van der Waals surface area contributed by atoms with Crippen molar-refractivity contribution in [2.24, 2.45) is 0 Å². The van der Waals surface area contributed by atoms with Gasteiger partial charge < -0.3 is 4.90 Å². The molecule has 1 amide bonds. The second-order valence-electron chi connectivity index (χ2n) is 8.60. The standard InChI is InChI=1S/C22H35N3O3S/c1-15-16(2)18(4)21(19(5)17(15)3)29(27,28)25-13-11-23(12-14-25)20(6)22(26)24-9-7-8-10-24/h20H,7-14H2,1-6H3/t20-/m1/s1. The molecule has 3 rings (SSSR count). The van der Waals surface area contributed by atoms with Gasteiger partial charge in [-0.2, -0.15) is 4.31 Å². The Morgan fingerprint density at radius 2 is 1.21 bits per heavy atom. The molecule has 2 saturated heterocycles. The Morgan fingerprint density at radius 1 is 0.759 bits per heavy atom. The molecule has 0 unspecified atom stereocenters. The van der Waals surface area contributed by atoms with E-state index in [-0.39, 0.29) is 11.9 Å². The fourth-order valence-corrected chi connectivity index (χ4v) is 6.65. The van der Waals surface area contributed by atoms with Crippen molar-refractivity contribution in [1.82, 2.24) is 14.1 Å². The van der Waals surface area contributed by atoms with Gasteiger partial charge in [-0.05, 0) is 82.2 Å². The summed E-state index contributed by atoms with van der Waals surface area (Å²) in [6.45, 7) is 15.5. The van der Waals surface area contributed by atoms with Crippen molar-refractivity contribution in [3.05, 3.63) is 27.8 Å². The molecule has 2 heterocycles. The average Bonchev–Trinajstić information content (AvgIpc) is 3.24. The van der Waals surface area contributed by atoms with Gasteiger partial charge in [0.2, 0.25) is 15.9 Å². The van der Waals surface area contributed by atoms with Gasteiger partial charge in [-0.1, -0.05) is 0 Å².